The lowest BCUT2D eigenvalue weighted by Gasteiger charge is -2.07. The maximum atomic E-state index is 12.0. The standard InChI is InChI=1S/C15H13ClN2O2S/c1-8-3-4-10(5-12(8)16)6-13-14(20)18-15(21-13)11(7-17)9(2)19/h3-5,13H,6H2,1-2H3,(H,18,20)/b15-11+/t13-/m1/s1. The molecule has 21 heavy (non-hydrogen) atoms. The Morgan fingerprint density at radius 2 is 2.24 bits per heavy atom. The van der Waals surface area contributed by atoms with Gasteiger partial charge in [-0.3, -0.25) is 9.59 Å². The van der Waals surface area contributed by atoms with Gasteiger partial charge in [-0.2, -0.15) is 5.26 Å². The van der Waals surface area contributed by atoms with Gasteiger partial charge in [0.2, 0.25) is 5.91 Å². The van der Waals surface area contributed by atoms with Gasteiger partial charge in [-0.15, -0.1) is 0 Å². The predicted molar refractivity (Wildman–Crippen MR) is 82.7 cm³/mol. The lowest BCUT2D eigenvalue weighted by atomic mass is 10.1. The zero-order chi connectivity index (χ0) is 15.6. The molecule has 1 aliphatic rings. The molecular weight excluding hydrogens is 308 g/mol. The van der Waals surface area contributed by atoms with E-state index in [1.165, 1.54) is 18.7 Å². The topological polar surface area (TPSA) is 70.0 Å². The minimum absolute atomic E-state index is 0.00205. The molecule has 1 N–H and O–H groups in total. The van der Waals surface area contributed by atoms with Gasteiger partial charge < -0.3 is 5.32 Å². The first-order valence-electron chi connectivity index (χ1n) is 6.30. The van der Waals surface area contributed by atoms with Crippen molar-refractivity contribution in [2.45, 2.75) is 25.5 Å². The molecule has 1 fully saturated rings. The summed E-state index contributed by atoms with van der Waals surface area (Å²) in [6, 6.07) is 7.50. The molecule has 0 spiro atoms. The molecule has 0 unspecified atom stereocenters. The number of nitrogens with one attached hydrogen (secondary N) is 1. The summed E-state index contributed by atoms with van der Waals surface area (Å²) >= 11 is 7.29. The van der Waals surface area contributed by atoms with E-state index in [2.05, 4.69) is 5.32 Å². The van der Waals surface area contributed by atoms with Crippen molar-refractivity contribution in [3.63, 3.8) is 0 Å². The number of rotatable bonds is 3. The Balaban J connectivity index is 2.20. The minimum atomic E-state index is -0.360. The molecule has 2 rings (SSSR count). The maximum Gasteiger partial charge on any atom is 0.238 e. The van der Waals surface area contributed by atoms with Crippen LogP contribution in [0.1, 0.15) is 18.1 Å². The van der Waals surface area contributed by atoms with E-state index in [9.17, 15) is 9.59 Å². The number of ketones is 1. The van der Waals surface area contributed by atoms with E-state index in [0.29, 0.717) is 16.5 Å². The Labute approximate surface area is 132 Å². The number of hydrogen-bond acceptors (Lipinski definition) is 4. The van der Waals surface area contributed by atoms with Crippen LogP contribution in [0.4, 0.5) is 0 Å². The van der Waals surface area contributed by atoms with Gasteiger partial charge in [0.15, 0.2) is 5.78 Å². The van der Waals surface area contributed by atoms with Gasteiger partial charge in [0.05, 0.1) is 10.3 Å². The molecule has 108 valence electrons. The molecule has 0 radical (unpaired) electrons. The molecular formula is C15H13ClN2O2S. The van der Waals surface area contributed by atoms with Crippen molar-refractivity contribution in [2.75, 3.05) is 0 Å². The Kier molecular flexibility index (Phi) is 4.71. The number of thioether (sulfide) groups is 1. The Hall–Kier alpha value is -1.77. The lowest BCUT2D eigenvalue weighted by Crippen LogP contribution is -2.24. The first kappa shape index (κ1) is 15.6. The van der Waals surface area contributed by atoms with Crippen molar-refractivity contribution in [3.05, 3.63) is 45.0 Å². The largest absolute Gasteiger partial charge is 0.318 e. The number of hydrogen-bond donors (Lipinski definition) is 1. The van der Waals surface area contributed by atoms with E-state index < -0.39 is 0 Å². The highest BCUT2D eigenvalue weighted by atomic mass is 35.5. The molecule has 0 bridgehead atoms. The molecule has 1 heterocycles. The number of allylic oxidation sites excluding steroid dienone is 1. The number of nitriles is 1. The van der Waals surface area contributed by atoms with Crippen molar-refractivity contribution < 1.29 is 9.59 Å². The van der Waals surface area contributed by atoms with Crippen LogP contribution < -0.4 is 5.32 Å². The predicted octanol–water partition coefficient (Wildman–Crippen LogP) is 2.75. The molecule has 1 amide bonds. The quantitative estimate of drug-likeness (QED) is 0.686. The molecule has 1 aromatic rings. The van der Waals surface area contributed by atoms with Crippen molar-refractivity contribution in [1.29, 1.82) is 5.26 Å². The maximum absolute atomic E-state index is 12.0. The fourth-order valence-electron chi connectivity index (χ4n) is 1.94. The van der Waals surface area contributed by atoms with E-state index in [1.807, 2.05) is 31.2 Å². The average molecular weight is 321 g/mol. The lowest BCUT2D eigenvalue weighted by molar-refractivity contribution is -0.119. The van der Waals surface area contributed by atoms with E-state index in [-0.39, 0.29) is 22.5 Å². The molecule has 1 aromatic carbocycles. The Bertz CT molecular complexity index is 691. The summed E-state index contributed by atoms with van der Waals surface area (Å²) in [5, 5.41) is 12.2. The van der Waals surface area contributed by atoms with E-state index in [4.69, 9.17) is 16.9 Å². The SMILES string of the molecule is CC(=O)/C(C#N)=C1\NC(=O)[C@@H](Cc2ccc(C)c(Cl)c2)S1. The van der Waals surface area contributed by atoms with Crippen molar-refractivity contribution in [2.24, 2.45) is 0 Å². The number of nitrogens with zero attached hydrogens (tertiary/aromatic N) is 1. The molecule has 6 heteroatoms. The van der Waals surface area contributed by atoms with Gasteiger partial charge in [0, 0.05) is 5.02 Å². The molecule has 1 saturated heterocycles. The summed E-state index contributed by atoms with van der Waals surface area (Å²) in [5.74, 6) is -0.542. The highest BCUT2D eigenvalue weighted by Gasteiger charge is 2.32. The molecule has 1 atom stereocenters. The van der Waals surface area contributed by atoms with Crippen molar-refractivity contribution >= 4 is 35.1 Å². The Morgan fingerprint density at radius 3 is 2.81 bits per heavy atom. The molecule has 0 aliphatic carbocycles. The van der Waals surface area contributed by atoms with Crippen LogP contribution in [0.2, 0.25) is 5.02 Å². The van der Waals surface area contributed by atoms with Crippen molar-refractivity contribution in [1.82, 2.24) is 5.32 Å². The van der Waals surface area contributed by atoms with Crippen LogP contribution in [0.15, 0.2) is 28.8 Å². The minimum Gasteiger partial charge on any atom is -0.318 e. The summed E-state index contributed by atoms with van der Waals surface area (Å²) in [6.07, 6.45) is 0.497. The molecule has 1 aliphatic heterocycles. The van der Waals surface area contributed by atoms with Gasteiger partial charge in [-0.05, 0) is 37.5 Å². The van der Waals surface area contributed by atoms with E-state index >= 15 is 0 Å². The first-order valence-corrected chi connectivity index (χ1v) is 7.56. The van der Waals surface area contributed by atoms with Crippen LogP contribution in [-0.2, 0) is 16.0 Å². The normalized spacial score (nSPS) is 19.9. The number of halogens is 1. The summed E-state index contributed by atoms with van der Waals surface area (Å²) in [5.41, 5.74) is 1.92. The van der Waals surface area contributed by atoms with Crippen LogP contribution in [-0.4, -0.2) is 16.9 Å². The zero-order valence-corrected chi connectivity index (χ0v) is 13.1. The summed E-state index contributed by atoms with van der Waals surface area (Å²) < 4.78 is 0. The van der Waals surface area contributed by atoms with Crippen molar-refractivity contribution in [3.8, 4) is 6.07 Å². The molecule has 0 saturated carbocycles. The summed E-state index contributed by atoms with van der Waals surface area (Å²) in [4.78, 5) is 23.3. The van der Waals surface area contributed by atoms with Gasteiger partial charge in [0.1, 0.15) is 11.6 Å². The second-order valence-electron chi connectivity index (χ2n) is 4.76. The number of amides is 1. The second kappa shape index (κ2) is 6.33. The molecule has 4 nitrogen and oxygen atoms in total. The first-order chi connectivity index (χ1) is 9.92. The third-order valence-corrected chi connectivity index (χ3v) is 4.75. The van der Waals surface area contributed by atoms with Crippen LogP contribution in [0, 0.1) is 18.3 Å². The Morgan fingerprint density at radius 1 is 1.52 bits per heavy atom. The highest BCUT2D eigenvalue weighted by molar-refractivity contribution is 8.04. The zero-order valence-electron chi connectivity index (χ0n) is 11.6. The van der Waals surface area contributed by atoms with Crippen LogP contribution in [0.3, 0.4) is 0 Å². The number of carbonyl (C=O) groups is 2. The van der Waals surface area contributed by atoms with Crippen LogP contribution in [0.5, 0.6) is 0 Å². The fraction of sp³-hybridized carbons (Fsp3) is 0.267. The second-order valence-corrected chi connectivity index (χ2v) is 6.38. The van der Waals surface area contributed by atoms with Crippen LogP contribution in [0.25, 0.3) is 0 Å². The van der Waals surface area contributed by atoms with Gasteiger partial charge in [-0.1, -0.05) is 35.5 Å². The average Bonchev–Trinajstić information content (AvgIpc) is 2.75. The fourth-order valence-corrected chi connectivity index (χ4v) is 3.34. The molecule has 0 aromatic heterocycles. The smallest absolute Gasteiger partial charge is 0.238 e. The summed E-state index contributed by atoms with van der Waals surface area (Å²) in [7, 11) is 0. The number of Topliss-reactive ketones (excluding diaryl/α,β-unsaturated/α-hetero) is 1. The number of benzene rings is 1. The highest BCUT2D eigenvalue weighted by Crippen LogP contribution is 2.32. The third-order valence-electron chi connectivity index (χ3n) is 3.14. The third kappa shape index (κ3) is 3.46. The van der Waals surface area contributed by atoms with Gasteiger partial charge in [-0.25, -0.2) is 0 Å². The van der Waals surface area contributed by atoms with Crippen LogP contribution >= 0.6 is 23.4 Å². The monoisotopic (exact) mass is 320 g/mol. The number of carbonyl (C=O) groups excluding carboxylic acids is 2. The van der Waals surface area contributed by atoms with Gasteiger partial charge in [0.25, 0.3) is 0 Å². The van der Waals surface area contributed by atoms with Gasteiger partial charge >= 0.3 is 0 Å². The van der Waals surface area contributed by atoms with E-state index in [0.717, 1.165) is 11.1 Å². The summed E-state index contributed by atoms with van der Waals surface area (Å²) in [6.45, 7) is 3.22. The van der Waals surface area contributed by atoms with E-state index in [1.54, 1.807) is 0 Å². The number of aryl methyl sites for hydroxylation is 1.